The third kappa shape index (κ3) is 5.12. The number of anilines is 1. The van der Waals surface area contributed by atoms with Gasteiger partial charge in [0.15, 0.2) is 6.10 Å². The Labute approximate surface area is 161 Å². The molecule has 0 saturated carbocycles. The van der Waals surface area contributed by atoms with Crippen LogP contribution in [0.15, 0.2) is 53.4 Å². The zero-order valence-electron chi connectivity index (χ0n) is 15.4. The Hall–Kier alpha value is -2.82. The molecule has 0 bridgehead atoms. The topological polar surface area (TPSA) is 102 Å². The molecule has 2 aromatic carbocycles. The maximum atomic E-state index is 13.2. The number of carbonyl (C=O) groups excluding carboxylic acids is 2. The van der Waals surface area contributed by atoms with Gasteiger partial charge in [-0.05, 0) is 43.3 Å². The van der Waals surface area contributed by atoms with Crippen LogP contribution in [0.5, 0.6) is 0 Å². The minimum absolute atomic E-state index is 0.0593. The number of sulfonamides is 1. The smallest absolute Gasteiger partial charge is 0.338 e. The van der Waals surface area contributed by atoms with E-state index in [1.807, 2.05) is 0 Å². The van der Waals surface area contributed by atoms with Gasteiger partial charge in [0.05, 0.1) is 17.6 Å². The van der Waals surface area contributed by atoms with E-state index in [2.05, 4.69) is 10.2 Å². The van der Waals surface area contributed by atoms with Gasteiger partial charge < -0.3 is 10.1 Å². The van der Waals surface area contributed by atoms with Crippen molar-refractivity contribution in [2.24, 2.45) is 0 Å². The van der Waals surface area contributed by atoms with E-state index >= 15 is 0 Å². The van der Waals surface area contributed by atoms with Crippen LogP contribution in [0.25, 0.3) is 0 Å². The van der Waals surface area contributed by atoms with Crippen molar-refractivity contribution in [2.45, 2.75) is 17.9 Å². The van der Waals surface area contributed by atoms with E-state index in [1.165, 1.54) is 57.5 Å². The lowest BCUT2D eigenvalue weighted by Gasteiger charge is -2.16. The highest BCUT2D eigenvalue weighted by Crippen LogP contribution is 2.17. The summed E-state index contributed by atoms with van der Waals surface area (Å²) in [4.78, 5) is 28.9. The summed E-state index contributed by atoms with van der Waals surface area (Å²) >= 11 is 0. The van der Waals surface area contributed by atoms with E-state index in [0.29, 0.717) is 4.47 Å². The molecule has 0 aliphatic rings. The number of hydroxylamine groups is 1. The molecule has 0 fully saturated rings. The fraction of sp³-hybridized carbons (Fsp3) is 0.222. The lowest BCUT2D eigenvalue weighted by atomic mass is 10.2. The number of nitrogens with zero attached hydrogens (tertiary/aromatic N) is 1. The number of rotatable bonds is 7. The van der Waals surface area contributed by atoms with Crippen molar-refractivity contribution in [1.29, 1.82) is 0 Å². The number of esters is 1. The summed E-state index contributed by atoms with van der Waals surface area (Å²) in [7, 11) is -1.55. The number of ether oxygens (including phenoxy) is 1. The standard InChI is InChI=1S/C18H19FN2O6S/c1-12(17(22)20-15-8-5-7-14(19)11-15)27-18(23)13-6-4-9-16(10-13)28(24,25)21(2)26-3/h4-12H,1-3H3,(H,20,22). The zero-order chi connectivity index (χ0) is 20.9. The molecule has 1 amide bonds. The van der Waals surface area contributed by atoms with Crippen LogP contribution in [-0.2, 0) is 24.4 Å². The molecule has 0 radical (unpaired) electrons. The molecule has 2 rings (SSSR count). The van der Waals surface area contributed by atoms with E-state index in [4.69, 9.17) is 4.74 Å². The first kappa shape index (κ1) is 21.5. The number of hydrogen-bond donors (Lipinski definition) is 1. The number of hydrogen-bond acceptors (Lipinski definition) is 6. The van der Waals surface area contributed by atoms with Crippen LogP contribution >= 0.6 is 0 Å². The lowest BCUT2D eigenvalue weighted by molar-refractivity contribution is -0.123. The van der Waals surface area contributed by atoms with Crippen LogP contribution in [0.3, 0.4) is 0 Å². The first-order valence-electron chi connectivity index (χ1n) is 8.05. The molecule has 1 unspecified atom stereocenters. The second-order valence-corrected chi connectivity index (χ2v) is 7.61. The van der Waals surface area contributed by atoms with Crippen LogP contribution in [0.4, 0.5) is 10.1 Å². The molecule has 28 heavy (non-hydrogen) atoms. The van der Waals surface area contributed by atoms with Crippen molar-refractivity contribution in [1.82, 2.24) is 4.47 Å². The lowest BCUT2D eigenvalue weighted by Crippen LogP contribution is -2.30. The van der Waals surface area contributed by atoms with Gasteiger partial charge in [-0.3, -0.25) is 9.63 Å². The van der Waals surface area contributed by atoms with E-state index in [-0.39, 0.29) is 16.1 Å². The zero-order valence-corrected chi connectivity index (χ0v) is 16.2. The van der Waals surface area contributed by atoms with Crippen molar-refractivity contribution >= 4 is 27.6 Å². The minimum atomic E-state index is -3.95. The summed E-state index contributed by atoms with van der Waals surface area (Å²) in [6.45, 7) is 1.34. The number of halogens is 1. The Balaban J connectivity index is 2.10. The third-order valence-electron chi connectivity index (χ3n) is 3.71. The fourth-order valence-electron chi connectivity index (χ4n) is 2.12. The van der Waals surface area contributed by atoms with Gasteiger partial charge in [-0.1, -0.05) is 16.6 Å². The molecule has 0 aliphatic carbocycles. The average Bonchev–Trinajstić information content (AvgIpc) is 2.67. The molecular weight excluding hydrogens is 391 g/mol. The second kappa shape index (κ2) is 8.91. The second-order valence-electron chi connectivity index (χ2n) is 5.67. The average molecular weight is 410 g/mol. The molecule has 1 N–H and O–H groups in total. The first-order chi connectivity index (χ1) is 13.1. The Morgan fingerprint density at radius 3 is 2.46 bits per heavy atom. The summed E-state index contributed by atoms with van der Waals surface area (Å²) in [6, 6.07) is 10.4. The van der Waals surface area contributed by atoms with Gasteiger partial charge in [-0.15, -0.1) is 0 Å². The molecule has 0 spiro atoms. The van der Waals surface area contributed by atoms with Crippen molar-refractivity contribution in [3.63, 3.8) is 0 Å². The van der Waals surface area contributed by atoms with Crippen LogP contribution in [0.1, 0.15) is 17.3 Å². The van der Waals surface area contributed by atoms with Crippen LogP contribution in [0.2, 0.25) is 0 Å². The van der Waals surface area contributed by atoms with E-state index < -0.39 is 33.8 Å². The molecule has 0 saturated heterocycles. The Kier molecular flexibility index (Phi) is 6.84. The molecular formula is C18H19FN2O6S. The number of carbonyl (C=O) groups is 2. The van der Waals surface area contributed by atoms with Gasteiger partial charge >= 0.3 is 5.97 Å². The Bertz CT molecular complexity index is 980. The highest BCUT2D eigenvalue weighted by atomic mass is 32.2. The Morgan fingerprint density at radius 2 is 1.82 bits per heavy atom. The molecule has 0 aliphatic heterocycles. The van der Waals surface area contributed by atoms with Crippen molar-refractivity contribution < 1.29 is 32.0 Å². The first-order valence-corrected chi connectivity index (χ1v) is 9.49. The van der Waals surface area contributed by atoms with E-state index in [9.17, 15) is 22.4 Å². The normalized spacial score (nSPS) is 12.5. The van der Waals surface area contributed by atoms with Crippen LogP contribution < -0.4 is 5.32 Å². The van der Waals surface area contributed by atoms with Gasteiger partial charge in [-0.25, -0.2) is 17.6 Å². The summed E-state index contributed by atoms with van der Waals surface area (Å²) in [5, 5.41) is 2.42. The molecule has 0 aromatic heterocycles. The Morgan fingerprint density at radius 1 is 1.14 bits per heavy atom. The SMILES string of the molecule is CON(C)S(=O)(=O)c1cccc(C(=O)OC(C)C(=O)Nc2cccc(F)c2)c1. The summed E-state index contributed by atoms with van der Waals surface area (Å²) < 4.78 is 43.4. The predicted octanol–water partition coefficient (Wildman–Crippen LogP) is 2.19. The quantitative estimate of drug-likeness (QED) is 0.555. The van der Waals surface area contributed by atoms with Gasteiger partial charge in [-0.2, -0.15) is 0 Å². The minimum Gasteiger partial charge on any atom is -0.449 e. The number of benzene rings is 2. The third-order valence-corrected chi connectivity index (χ3v) is 5.38. The summed E-state index contributed by atoms with van der Waals surface area (Å²) in [5.74, 6) is -2.08. The van der Waals surface area contributed by atoms with Crippen molar-refractivity contribution in [3.05, 3.63) is 59.9 Å². The molecule has 8 nitrogen and oxygen atoms in total. The van der Waals surface area contributed by atoms with Gasteiger partial charge in [0.25, 0.3) is 15.9 Å². The molecule has 150 valence electrons. The molecule has 0 heterocycles. The van der Waals surface area contributed by atoms with Crippen LogP contribution in [-0.4, -0.2) is 45.0 Å². The summed E-state index contributed by atoms with van der Waals surface area (Å²) in [5.41, 5.74) is 0.152. The fourth-order valence-corrected chi connectivity index (χ4v) is 3.14. The predicted molar refractivity (Wildman–Crippen MR) is 98.3 cm³/mol. The van der Waals surface area contributed by atoms with Crippen molar-refractivity contribution in [3.8, 4) is 0 Å². The maximum Gasteiger partial charge on any atom is 0.338 e. The molecule has 2 aromatic rings. The number of nitrogens with one attached hydrogen (secondary N) is 1. The highest BCUT2D eigenvalue weighted by molar-refractivity contribution is 7.89. The molecule has 1 atom stereocenters. The van der Waals surface area contributed by atoms with Gasteiger partial charge in [0.1, 0.15) is 5.82 Å². The monoisotopic (exact) mass is 410 g/mol. The maximum absolute atomic E-state index is 13.2. The highest BCUT2D eigenvalue weighted by Gasteiger charge is 2.24. The largest absolute Gasteiger partial charge is 0.449 e. The summed E-state index contributed by atoms with van der Waals surface area (Å²) in [6.07, 6.45) is -1.20. The van der Waals surface area contributed by atoms with Crippen LogP contribution in [0, 0.1) is 5.82 Å². The van der Waals surface area contributed by atoms with Gasteiger partial charge in [0, 0.05) is 12.7 Å². The van der Waals surface area contributed by atoms with Crippen molar-refractivity contribution in [2.75, 3.05) is 19.5 Å². The van der Waals surface area contributed by atoms with E-state index in [0.717, 1.165) is 12.1 Å². The van der Waals surface area contributed by atoms with Gasteiger partial charge in [0.2, 0.25) is 0 Å². The molecule has 10 heteroatoms. The van der Waals surface area contributed by atoms with E-state index in [1.54, 1.807) is 0 Å². The number of amides is 1.